The maximum absolute atomic E-state index is 12.5. The summed E-state index contributed by atoms with van der Waals surface area (Å²) in [6.07, 6.45) is 1.27. The van der Waals surface area contributed by atoms with Gasteiger partial charge in [0.05, 0.1) is 13.2 Å². The number of anilines is 1. The minimum atomic E-state index is -3.61. The summed E-state index contributed by atoms with van der Waals surface area (Å²) in [5.41, 5.74) is 0.532. The van der Waals surface area contributed by atoms with Crippen molar-refractivity contribution < 1.29 is 26.7 Å². The van der Waals surface area contributed by atoms with E-state index in [9.17, 15) is 17.2 Å². The molecule has 1 aromatic heterocycles. The molecule has 1 fully saturated rings. The maximum atomic E-state index is 12.5. The molecule has 0 amide bonds. The zero-order chi connectivity index (χ0) is 19.3. The summed E-state index contributed by atoms with van der Waals surface area (Å²) < 4.78 is 61.0. The molecule has 27 heavy (non-hydrogen) atoms. The Bertz CT molecular complexity index is 857. The van der Waals surface area contributed by atoms with Crippen LogP contribution < -0.4 is 10.1 Å². The van der Waals surface area contributed by atoms with E-state index in [-0.39, 0.29) is 17.2 Å². The van der Waals surface area contributed by atoms with Gasteiger partial charge in [0.1, 0.15) is 16.5 Å². The van der Waals surface area contributed by atoms with Gasteiger partial charge >= 0.3 is 6.61 Å². The third-order valence-electron chi connectivity index (χ3n) is 3.99. The summed E-state index contributed by atoms with van der Waals surface area (Å²) in [5, 5.41) is 2.97. The van der Waals surface area contributed by atoms with E-state index in [0.717, 1.165) is 0 Å². The Morgan fingerprint density at radius 1 is 1.19 bits per heavy atom. The zero-order valence-corrected chi connectivity index (χ0v) is 15.2. The van der Waals surface area contributed by atoms with Gasteiger partial charge in [-0.3, -0.25) is 0 Å². The highest BCUT2D eigenvalue weighted by Gasteiger charge is 2.26. The number of nitrogens with one attached hydrogen (secondary N) is 1. The number of sulfonamides is 1. The molecule has 7 nitrogen and oxygen atoms in total. The van der Waals surface area contributed by atoms with Crippen LogP contribution in [0.5, 0.6) is 5.75 Å². The van der Waals surface area contributed by atoms with Gasteiger partial charge in [-0.25, -0.2) is 13.4 Å². The van der Waals surface area contributed by atoms with Crippen molar-refractivity contribution in [3.8, 4) is 5.75 Å². The molecule has 0 unspecified atom stereocenters. The highest BCUT2D eigenvalue weighted by atomic mass is 32.2. The molecule has 0 radical (unpaired) electrons. The number of hydrogen-bond donors (Lipinski definition) is 1. The van der Waals surface area contributed by atoms with Crippen LogP contribution in [0.3, 0.4) is 0 Å². The number of alkyl halides is 2. The predicted molar refractivity (Wildman–Crippen MR) is 94.2 cm³/mol. The normalized spacial score (nSPS) is 15.7. The van der Waals surface area contributed by atoms with E-state index in [1.165, 1.54) is 28.7 Å². The lowest BCUT2D eigenvalue weighted by molar-refractivity contribution is -0.0504. The molecule has 1 aromatic carbocycles. The van der Waals surface area contributed by atoms with Crippen molar-refractivity contribution in [2.24, 2.45) is 0 Å². The van der Waals surface area contributed by atoms with E-state index in [1.807, 2.05) is 0 Å². The van der Waals surface area contributed by atoms with Crippen LogP contribution in [0.2, 0.25) is 0 Å². The minimum absolute atomic E-state index is 0.0755. The number of pyridine rings is 1. The van der Waals surface area contributed by atoms with Crippen molar-refractivity contribution in [3.05, 3.63) is 48.2 Å². The fourth-order valence-corrected chi connectivity index (χ4v) is 3.97. The van der Waals surface area contributed by atoms with Gasteiger partial charge in [-0.05, 0) is 18.2 Å². The average Bonchev–Trinajstić information content (AvgIpc) is 2.68. The summed E-state index contributed by atoms with van der Waals surface area (Å²) >= 11 is 0. The highest BCUT2D eigenvalue weighted by Crippen LogP contribution is 2.22. The number of rotatable bonds is 7. The number of hydrogen-bond acceptors (Lipinski definition) is 6. The Morgan fingerprint density at radius 2 is 1.93 bits per heavy atom. The number of benzene rings is 1. The number of aromatic nitrogens is 1. The van der Waals surface area contributed by atoms with Crippen molar-refractivity contribution >= 4 is 15.8 Å². The fraction of sp³-hybridized carbons (Fsp3) is 0.353. The van der Waals surface area contributed by atoms with Crippen LogP contribution in [0.4, 0.5) is 14.6 Å². The standard InChI is InChI=1S/C17H19F2N3O4S/c18-17(19)26-15-4-2-1-3-13(15)11-20-16-6-5-14(12-21-16)27(23,24)22-7-9-25-10-8-22/h1-6,12,17H,7-11H2,(H,20,21). The first-order valence-electron chi connectivity index (χ1n) is 8.27. The molecule has 0 aliphatic carbocycles. The van der Waals surface area contributed by atoms with Gasteiger partial charge in [-0.1, -0.05) is 18.2 Å². The molecule has 1 aliphatic heterocycles. The van der Waals surface area contributed by atoms with Crippen LogP contribution in [0, 0.1) is 0 Å². The third-order valence-corrected chi connectivity index (χ3v) is 5.87. The Labute approximate surface area is 156 Å². The first-order valence-corrected chi connectivity index (χ1v) is 9.71. The Hall–Kier alpha value is -2.30. The average molecular weight is 399 g/mol. The number of morpholine rings is 1. The number of para-hydroxylation sites is 1. The lowest BCUT2D eigenvalue weighted by Crippen LogP contribution is -2.40. The van der Waals surface area contributed by atoms with E-state index in [1.54, 1.807) is 18.2 Å². The molecule has 0 spiro atoms. The zero-order valence-electron chi connectivity index (χ0n) is 14.3. The number of halogens is 2. The largest absolute Gasteiger partial charge is 0.434 e. The molecule has 0 bridgehead atoms. The van der Waals surface area contributed by atoms with E-state index in [0.29, 0.717) is 37.7 Å². The van der Waals surface area contributed by atoms with Crippen LogP contribution >= 0.6 is 0 Å². The summed E-state index contributed by atoms with van der Waals surface area (Å²) in [7, 11) is -3.61. The monoisotopic (exact) mass is 399 g/mol. The first kappa shape index (κ1) is 19.5. The van der Waals surface area contributed by atoms with E-state index < -0.39 is 16.6 Å². The lowest BCUT2D eigenvalue weighted by Gasteiger charge is -2.25. The van der Waals surface area contributed by atoms with Gasteiger partial charge in [-0.2, -0.15) is 13.1 Å². The Balaban J connectivity index is 1.66. The fourth-order valence-electron chi connectivity index (χ4n) is 2.62. The molecule has 2 aromatic rings. The Morgan fingerprint density at radius 3 is 2.59 bits per heavy atom. The van der Waals surface area contributed by atoms with Crippen molar-refractivity contribution in [2.75, 3.05) is 31.6 Å². The Kier molecular flexibility index (Phi) is 6.19. The smallest absolute Gasteiger partial charge is 0.387 e. The molecule has 146 valence electrons. The number of ether oxygens (including phenoxy) is 2. The summed E-state index contributed by atoms with van der Waals surface area (Å²) in [6.45, 7) is -1.36. The van der Waals surface area contributed by atoms with E-state index >= 15 is 0 Å². The van der Waals surface area contributed by atoms with Crippen molar-refractivity contribution in [2.45, 2.75) is 18.1 Å². The van der Waals surface area contributed by atoms with Crippen molar-refractivity contribution in [1.29, 1.82) is 0 Å². The molecule has 1 N–H and O–H groups in total. The molecule has 3 rings (SSSR count). The minimum Gasteiger partial charge on any atom is -0.434 e. The quantitative estimate of drug-likeness (QED) is 0.770. The number of nitrogens with zero attached hydrogens (tertiary/aromatic N) is 2. The van der Waals surface area contributed by atoms with Crippen LogP contribution in [0.15, 0.2) is 47.5 Å². The predicted octanol–water partition coefficient (Wildman–Crippen LogP) is 2.32. The van der Waals surface area contributed by atoms with Gasteiger partial charge in [0.2, 0.25) is 10.0 Å². The van der Waals surface area contributed by atoms with Crippen molar-refractivity contribution in [3.63, 3.8) is 0 Å². The van der Waals surface area contributed by atoms with Gasteiger partial charge in [0.15, 0.2) is 0 Å². The molecule has 2 heterocycles. The maximum Gasteiger partial charge on any atom is 0.387 e. The summed E-state index contributed by atoms with van der Waals surface area (Å²) in [6, 6.07) is 9.41. The van der Waals surface area contributed by atoms with Crippen LogP contribution in [0.1, 0.15) is 5.56 Å². The SMILES string of the molecule is O=S(=O)(c1ccc(NCc2ccccc2OC(F)F)nc1)N1CCOCC1. The molecule has 1 saturated heterocycles. The topological polar surface area (TPSA) is 80.8 Å². The first-order chi connectivity index (χ1) is 13.0. The summed E-state index contributed by atoms with van der Waals surface area (Å²) in [5.74, 6) is 0.495. The highest BCUT2D eigenvalue weighted by molar-refractivity contribution is 7.89. The van der Waals surface area contributed by atoms with E-state index in [4.69, 9.17) is 4.74 Å². The van der Waals surface area contributed by atoms with Gasteiger partial charge in [0.25, 0.3) is 0 Å². The van der Waals surface area contributed by atoms with Gasteiger partial charge in [-0.15, -0.1) is 0 Å². The lowest BCUT2D eigenvalue weighted by atomic mass is 10.2. The molecule has 1 aliphatic rings. The van der Waals surface area contributed by atoms with E-state index in [2.05, 4.69) is 15.0 Å². The third kappa shape index (κ3) is 4.90. The second-order valence-corrected chi connectivity index (χ2v) is 7.67. The molecule has 10 heteroatoms. The second kappa shape index (κ2) is 8.59. The molecule has 0 atom stereocenters. The van der Waals surface area contributed by atoms with Crippen LogP contribution in [-0.2, 0) is 21.3 Å². The van der Waals surface area contributed by atoms with Crippen molar-refractivity contribution in [1.82, 2.24) is 9.29 Å². The second-order valence-electron chi connectivity index (χ2n) is 5.74. The van der Waals surface area contributed by atoms with Gasteiger partial charge in [0, 0.05) is 31.4 Å². The van der Waals surface area contributed by atoms with Crippen LogP contribution in [0.25, 0.3) is 0 Å². The molecular formula is C17H19F2N3O4S. The summed E-state index contributed by atoms with van der Waals surface area (Å²) in [4.78, 5) is 4.20. The van der Waals surface area contributed by atoms with Crippen LogP contribution in [-0.4, -0.2) is 50.6 Å². The van der Waals surface area contributed by atoms with Gasteiger partial charge < -0.3 is 14.8 Å². The molecule has 0 saturated carbocycles. The molecular weight excluding hydrogens is 380 g/mol.